The van der Waals surface area contributed by atoms with Crippen molar-refractivity contribution in [2.75, 3.05) is 6.61 Å². The summed E-state index contributed by atoms with van der Waals surface area (Å²) in [4.78, 5) is 0. The summed E-state index contributed by atoms with van der Waals surface area (Å²) in [6, 6.07) is 5.98. The van der Waals surface area contributed by atoms with Gasteiger partial charge in [-0.1, -0.05) is 22.0 Å². The predicted molar refractivity (Wildman–Crippen MR) is 59.2 cm³/mol. The summed E-state index contributed by atoms with van der Waals surface area (Å²) in [7, 11) is 0. The average Bonchev–Trinajstić information content (AvgIpc) is 2.12. The van der Waals surface area contributed by atoms with Crippen LogP contribution in [-0.4, -0.2) is 6.61 Å². The van der Waals surface area contributed by atoms with Gasteiger partial charge in [0.2, 0.25) is 0 Å². The lowest BCUT2D eigenvalue weighted by atomic mass is 10.2. The van der Waals surface area contributed by atoms with Gasteiger partial charge in [0, 0.05) is 4.47 Å². The lowest BCUT2D eigenvalue weighted by molar-refractivity contribution is 0.325. The highest BCUT2D eigenvalue weighted by atomic mass is 79.9. The minimum Gasteiger partial charge on any atom is -0.493 e. The predicted octanol–water partition coefficient (Wildman–Crippen LogP) is 3.71. The molecular formula is C11H13BrO. The summed E-state index contributed by atoms with van der Waals surface area (Å²) >= 11 is 3.44. The first-order valence-electron chi connectivity index (χ1n) is 4.24. The molecule has 0 aliphatic carbocycles. The Hall–Kier alpha value is -0.760. The van der Waals surface area contributed by atoms with E-state index in [1.807, 2.05) is 31.2 Å². The molecule has 0 unspecified atom stereocenters. The van der Waals surface area contributed by atoms with Crippen LogP contribution in [0.2, 0.25) is 0 Å². The molecule has 0 fully saturated rings. The Morgan fingerprint density at radius 3 is 2.92 bits per heavy atom. The van der Waals surface area contributed by atoms with Crippen molar-refractivity contribution in [2.24, 2.45) is 0 Å². The highest BCUT2D eigenvalue weighted by molar-refractivity contribution is 9.10. The van der Waals surface area contributed by atoms with Crippen molar-refractivity contribution >= 4 is 15.9 Å². The van der Waals surface area contributed by atoms with Crippen molar-refractivity contribution in [1.29, 1.82) is 0 Å². The molecule has 0 aliphatic rings. The van der Waals surface area contributed by atoms with Crippen molar-refractivity contribution in [3.63, 3.8) is 0 Å². The molecular weight excluding hydrogens is 228 g/mol. The number of ether oxygens (including phenoxy) is 1. The van der Waals surface area contributed by atoms with E-state index in [2.05, 4.69) is 22.5 Å². The monoisotopic (exact) mass is 240 g/mol. The quantitative estimate of drug-likeness (QED) is 0.576. The normalized spacial score (nSPS) is 9.69. The number of aryl methyl sites for hydroxylation is 1. The smallest absolute Gasteiger partial charge is 0.119 e. The Labute approximate surface area is 87.5 Å². The van der Waals surface area contributed by atoms with Gasteiger partial charge in [-0.25, -0.2) is 0 Å². The molecule has 0 radical (unpaired) electrons. The van der Waals surface area contributed by atoms with Crippen molar-refractivity contribution in [3.8, 4) is 5.75 Å². The van der Waals surface area contributed by atoms with Gasteiger partial charge in [0.05, 0.1) is 6.61 Å². The number of hydrogen-bond acceptors (Lipinski definition) is 1. The molecule has 0 saturated carbocycles. The highest BCUT2D eigenvalue weighted by Crippen LogP contribution is 2.21. The first-order chi connectivity index (χ1) is 6.24. The van der Waals surface area contributed by atoms with E-state index in [9.17, 15) is 0 Å². The van der Waals surface area contributed by atoms with Gasteiger partial charge in [0.15, 0.2) is 0 Å². The highest BCUT2D eigenvalue weighted by Gasteiger charge is 1.96. The minimum absolute atomic E-state index is 0.699. The molecule has 0 spiro atoms. The zero-order valence-corrected chi connectivity index (χ0v) is 9.30. The summed E-state index contributed by atoms with van der Waals surface area (Å²) in [5.74, 6) is 0.919. The molecule has 0 bridgehead atoms. The van der Waals surface area contributed by atoms with Crippen molar-refractivity contribution < 1.29 is 4.74 Å². The van der Waals surface area contributed by atoms with Crippen LogP contribution in [0.1, 0.15) is 12.0 Å². The standard InChI is InChI=1S/C11H13BrO/c1-3-4-7-13-10-5-6-11(12)9(2)8-10/h3,5-6,8H,1,4,7H2,2H3. The van der Waals surface area contributed by atoms with Crippen LogP contribution >= 0.6 is 15.9 Å². The second-order valence-electron chi connectivity index (χ2n) is 2.84. The van der Waals surface area contributed by atoms with E-state index in [1.165, 1.54) is 5.56 Å². The molecule has 0 N–H and O–H groups in total. The second-order valence-corrected chi connectivity index (χ2v) is 3.69. The summed E-state index contributed by atoms with van der Waals surface area (Å²) in [5, 5.41) is 0. The molecule has 0 atom stereocenters. The second kappa shape index (κ2) is 5.07. The largest absolute Gasteiger partial charge is 0.493 e. The Kier molecular flexibility index (Phi) is 4.03. The fourth-order valence-electron chi connectivity index (χ4n) is 0.967. The SMILES string of the molecule is C=CCCOc1ccc(Br)c(C)c1. The zero-order chi connectivity index (χ0) is 9.68. The van der Waals surface area contributed by atoms with Gasteiger partial charge in [0.25, 0.3) is 0 Å². The lowest BCUT2D eigenvalue weighted by Crippen LogP contribution is -1.95. The Bertz CT molecular complexity index is 294. The molecule has 13 heavy (non-hydrogen) atoms. The van der Waals surface area contributed by atoms with Crippen molar-refractivity contribution in [3.05, 3.63) is 40.9 Å². The number of halogens is 1. The molecule has 0 saturated heterocycles. The van der Waals surface area contributed by atoms with Gasteiger partial charge in [-0.15, -0.1) is 6.58 Å². The molecule has 1 aromatic rings. The third-order valence-corrected chi connectivity index (χ3v) is 2.61. The van der Waals surface area contributed by atoms with Gasteiger partial charge in [-0.2, -0.15) is 0 Å². The van der Waals surface area contributed by atoms with Crippen molar-refractivity contribution in [2.45, 2.75) is 13.3 Å². The summed E-state index contributed by atoms with van der Waals surface area (Å²) < 4.78 is 6.60. The molecule has 70 valence electrons. The van der Waals surface area contributed by atoms with E-state index in [1.54, 1.807) is 0 Å². The van der Waals surface area contributed by atoms with Gasteiger partial charge >= 0.3 is 0 Å². The van der Waals surface area contributed by atoms with Crippen LogP contribution in [0, 0.1) is 6.92 Å². The molecule has 1 aromatic carbocycles. The number of hydrogen-bond donors (Lipinski definition) is 0. The van der Waals surface area contributed by atoms with Crippen LogP contribution < -0.4 is 4.74 Å². The maximum absolute atomic E-state index is 5.49. The Morgan fingerprint density at radius 1 is 1.54 bits per heavy atom. The molecule has 0 heterocycles. The van der Waals surface area contributed by atoms with Gasteiger partial charge < -0.3 is 4.74 Å². The number of rotatable bonds is 4. The van der Waals surface area contributed by atoms with Crippen LogP contribution in [0.15, 0.2) is 35.3 Å². The van der Waals surface area contributed by atoms with E-state index >= 15 is 0 Å². The summed E-state index contributed by atoms with van der Waals surface area (Å²) in [6.45, 7) is 6.38. The Balaban J connectivity index is 2.57. The maximum atomic E-state index is 5.49. The van der Waals surface area contributed by atoms with Crippen LogP contribution in [0.3, 0.4) is 0 Å². The first kappa shape index (κ1) is 10.3. The van der Waals surface area contributed by atoms with E-state index < -0.39 is 0 Å². The zero-order valence-electron chi connectivity index (χ0n) is 7.72. The fraction of sp³-hybridized carbons (Fsp3) is 0.273. The Morgan fingerprint density at radius 2 is 2.31 bits per heavy atom. The van der Waals surface area contributed by atoms with Crippen LogP contribution in [0.4, 0.5) is 0 Å². The minimum atomic E-state index is 0.699. The van der Waals surface area contributed by atoms with Crippen LogP contribution in [-0.2, 0) is 0 Å². The summed E-state index contributed by atoms with van der Waals surface area (Å²) in [5.41, 5.74) is 1.19. The molecule has 1 rings (SSSR count). The topological polar surface area (TPSA) is 9.23 Å². The van der Waals surface area contributed by atoms with E-state index in [0.717, 1.165) is 16.6 Å². The molecule has 0 aliphatic heterocycles. The van der Waals surface area contributed by atoms with Crippen LogP contribution in [0.25, 0.3) is 0 Å². The number of benzene rings is 1. The van der Waals surface area contributed by atoms with E-state index in [0.29, 0.717) is 6.61 Å². The van der Waals surface area contributed by atoms with Crippen molar-refractivity contribution in [1.82, 2.24) is 0 Å². The van der Waals surface area contributed by atoms with Gasteiger partial charge in [-0.3, -0.25) is 0 Å². The molecule has 2 heteroatoms. The average molecular weight is 241 g/mol. The molecule has 0 amide bonds. The van der Waals surface area contributed by atoms with E-state index in [-0.39, 0.29) is 0 Å². The van der Waals surface area contributed by atoms with Crippen LogP contribution in [0.5, 0.6) is 5.75 Å². The maximum Gasteiger partial charge on any atom is 0.119 e. The molecule has 0 aromatic heterocycles. The lowest BCUT2D eigenvalue weighted by Gasteiger charge is -2.05. The summed E-state index contributed by atoms with van der Waals surface area (Å²) in [6.07, 6.45) is 2.74. The molecule has 1 nitrogen and oxygen atoms in total. The first-order valence-corrected chi connectivity index (χ1v) is 5.03. The fourth-order valence-corrected chi connectivity index (χ4v) is 1.21. The van der Waals surface area contributed by atoms with Gasteiger partial charge in [-0.05, 0) is 37.1 Å². The third kappa shape index (κ3) is 3.23. The third-order valence-electron chi connectivity index (χ3n) is 1.72. The van der Waals surface area contributed by atoms with Gasteiger partial charge in [0.1, 0.15) is 5.75 Å². The van der Waals surface area contributed by atoms with E-state index in [4.69, 9.17) is 4.74 Å².